The summed E-state index contributed by atoms with van der Waals surface area (Å²) in [5.74, 6) is 0. The Morgan fingerprint density at radius 3 is 2.10 bits per heavy atom. The number of hydrogen-bond acceptors (Lipinski definition) is 3. The van der Waals surface area contributed by atoms with Crippen molar-refractivity contribution in [3.63, 3.8) is 0 Å². The van der Waals surface area contributed by atoms with Crippen LogP contribution in [-0.2, 0) is 4.79 Å². The fourth-order valence-electron chi connectivity index (χ4n) is 2.84. The number of thioether (sulfide) groups is 1. The molecule has 0 aromatic carbocycles. The second kappa shape index (κ2) is 11.6. The van der Waals surface area contributed by atoms with E-state index in [0.29, 0.717) is 6.42 Å². The van der Waals surface area contributed by atoms with Crippen LogP contribution in [0.1, 0.15) is 90.4 Å². The predicted octanol–water partition coefficient (Wildman–Crippen LogP) is 5.08. The molecule has 1 heterocycles. The van der Waals surface area contributed by atoms with Crippen molar-refractivity contribution in [3.05, 3.63) is 0 Å². The minimum atomic E-state index is -0.263. The maximum atomic E-state index is 11.2. The van der Waals surface area contributed by atoms with Crippen LogP contribution in [0.15, 0.2) is 0 Å². The molecule has 0 spiro atoms. The van der Waals surface area contributed by atoms with Crippen LogP contribution in [0.2, 0.25) is 0 Å². The van der Waals surface area contributed by atoms with Crippen LogP contribution in [0.4, 0.5) is 0 Å². The Morgan fingerprint density at radius 2 is 1.60 bits per heavy atom. The fraction of sp³-hybridized carbons (Fsp3) is 0.941. The molecule has 0 aromatic rings. The molecular formula is C17H32O2S. The van der Waals surface area contributed by atoms with Crippen molar-refractivity contribution in [2.24, 2.45) is 0 Å². The van der Waals surface area contributed by atoms with Crippen LogP contribution in [0.25, 0.3) is 0 Å². The molecule has 3 heteroatoms. The standard InChI is InChI=1S/C17H32O2S/c1-2-3-4-5-6-7-8-9-10-11-12-15(18)16-13-14-17(19)20-16/h15-16,18H,2-14H2,1H3/t15-,16-/m0/s1. The summed E-state index contributed by atoms with van der Waals surface area (Å²) in [6.07, 6.45) is 15.4. The summed E-state index contributed by atoms with van der Waals surface area (Å²) in [5.41, 5.74) is 0. The second-order valence-electron chi connectivity index (χ2n) is 6.10. The van der Waals surface area contributed by atoms with Gasteiger partial charge in [-0.25, -0.2) is 0 Å². The summed E-state index contributed by atoms with van der Waals surface area (Å²) in [4.78, 5) is 11.2. The Bertz CT molecular complexity index is 255. The number of carbonyl (C=O) groups is 1. The average molecular weight is 301 g/mol. The van der Waals surface area contributed by atoms with Crippen LogP contribution in [-0.4, -0.2) is 21.6 Å². The molecule has 2 atom stereocenters. The number of aliphatic hydroxyl groups is 1. The highest BCUT2D eigenvalue weighted by Crippen LogP contribution is 2.32. The Balaban J connectivity index is 1.83. The van der Waals surface area contributed by atoms with Crippen molar-refractivity contribution in [1.82, 2.24) is 0 Å². The maximum absolute atomic E-state index is 11.2. The molecule has 1 aliphatic heterocycles. The number of rotatable bonds is 12. The minimum Gasteiger partial charge on any atom is -0.392 e. The third-order valence-electron chi connectivity index (χ3n) is 4.20. The topological polar surface area (TPSA) is 37.3 Å². The van der Waals surface area contributed by atoms with Crippen LogP contribution < -0.4 is 0 Å². The van der Waals surface area contributed by atoms with Crippen LogP contribution in [0.5, 0.6) is 0 Å². The SMILES string of the molecule is CCCCCCCCCCCC[C@H](O)[C@@H]1CCC(=O)S1. The highest BCUT2D eigenvalue weighted by Gasteiger charge is 2.28. The van der Waals surface area contributed by atoms with Gasteiger partial charge in [-0.15, -0.1) is 0 Å². The van der Waals surface area contributed by atoms with Gasteiger partial charge in [0.2, 0.25) is 0 Å². The quantitative estimate of drug-likeness (QED) is 0.511. The molecule has 0 aliphatic carbocycles. The van der Waals surface area contributed by atoms with Crippen molar-refractivity contribution >= 4 is 16.9 Å². The first kappa shape index (κ1) is 18.0. The fourth-order valence-corrected chi connectivity index (χ4v) is 3.95. The number of aliphatic hydroxyl groups excluding tert-OH is 1. The van der Waals surface area contributed by atoms with Gasteiger partial charge in [-0.2, -0.15) is 0 Å². The van der Waals surface area contributed by atoms with E-state index in [1.807, 2.05) is 0 Å². The van der Waals surface area contributed by atoms with Crippen molar-refractivity contribution in [1.29, 1.82) is 0 Å². The lowest BCUT2D eigenvalue weighted by Crippen LogP contribution is -2.20. The minimum absolute atomic E-state index is 0.182. The van der Waals surface area contributed by atoms with Crippen molar-refractivity contribution in [3.8, 4) is 0 Å². The van der Waals surface area contributed by atoms with Gasteiger partial charge in [-0.1, -0.05) is 82.9 Å². The van der Waals surface area contributed by atoms with Gasteiger partial charge in [0.15, 0.2) is 5.12 Å². The zero-order valence-electron chi connectivity index (χ0n) is 13.1. The molecule has 1 fully saturated rings. The van der Waals surface area contributed by atoms with Gasteiger partial charge in [0, 0.05) is 11.7 Å². The third-order valence-corrected chi connectivity index (χ3v) is 5.52. The van der Waals surface area contributed by atoms with Crippen molar-refractivity contribution in [2.45, 2.75) is 102 Å². The van der Waals surface area contributed by atoms with E-state index >= 15 is 0 Å². The zero-order valence-corrected chi connectivity index (χ0v) is 13.9. The lowest BCUT2D eigenvalue weighted by atomic mass is 10.0. The van der Waals surface area contributed by atoms with Gasteiger partial charge in [0.1, 0.15) is 0 Å². The maximum Gasteiger partial charge on any atom is 0.189 e. The molecule has 0 radical (unpaired) electrons. The summed E-state index contributed by atoms with van der Waals surface area (Å²) >= 11 is 1.37. The summed E-state index contributed by atoms with van der Waals surface area (Å²) in [6, 6.07) is 0. The van der Waals surface area contributed by atoms with Gasteiger partial charge in [0.25, 0.3) is 0 Å². The largest absolute Gasteiger partial charge is 0.392 e. The molecule has 1 rings (SSSR count). The molecule has 0 bridgehead atoms. The predicted molar refractivity (Wildman–Crippen MR) is 88.1 cm³/mol. The molecule has 1 saturated heterocycles. The van der Waals surface area contributed by atoms with Crippen LogP contribution in [0, 0.1) is 0 Å². The second-order valence-corrected chi connectivity index (χ2v) is 7.40. The summed E-state index contributed by atoms with van der Waals surface area (Å²) < 4.78 is 0. The highest BCUT2D eigenvalue weighted by atomic mass is 32.2. The lowest BCUT2D eigenvalue weighted by molar-refractivity contribution is -0.110. The van der Waals surface area contributed by atoms with Gasteiger partial charge in [-0.3, -0.25) is 4.79 Å². The highest BCUT2D eigenvalue weighted by molar-refractivity contribution is 8.14. The molecule has 0 unspecified atom stereocenters. The van der Waals surface area contributed by atoms with E-state index in [-0.39, 0.29) is 16.5 Å². The van der Waals surface area contributed by atoms with Gasteiger partial charge in [0.05, 0.1) is 6.10 Å². The molecule has 0 amide bonds. The van der Waals surface area contributed by atoms with E-state index in [4.69, 9.17) is 0 Å². The number of unbranched alkanes of at least 4 members (excludes halogenated alkanes) is 9. The normalized spacial score (nSPS) is 20.5. The monoisotopic (exact) mass is 300 g/mol. The molecular weight excluding hydrogens is 268 g/mol. The lowest BCUT2D eigenvalue weighted by Gasteiger charge is -2.15. The van der Waals surface area contributed by atoms with E-state index < -0.39 is 0 Å². The first-order chi connectivity index (χ1) is 9.74. The average Bonchev–Trinajstić information content (AvgIpc) is 2.87. The van der Waals surface area contributed by atoms with Gasteiger partial charge < -0.3 is 5.11 Å². The van der Waals surface area contributed by atoms with Crippen molar-refractivity contribution < 1.29 is 9.90 Å². The molecule has 2 nitrogen and oxygen atoms in total. The van der Waals surface area contributed by atoms with E-state index in [1.54, 1.807) is 0 Å². The zero-order chi connectivity index (χ0) is 14.6. The molecule has 0 aromatic heterocycles. The smallest absolute Gasteiger partial charge is 0.189 e. The first-order valence-electron chi connectivity index (χ1n) is 8.61. The summed E-state index contributed by atoms with van der Waals surface area (Å²) in [6.45, 7) is 2.26. The molecule has 20 heavy (non-hydrogen) atoms. The van der Waals surface area contributed by atoms with E-state index in [1.165, 1.54) is 69.5 Å². The Morgan fingerprint density at radius 1 is 1.05 bits per heavy atom. The molecule has 0 saturated carbocycles. The van der Waals surface area contributed by atoms with Crippen LogP contribution in [0.3, 0.4) is 0 Å². The Kier molecular flexibility index (Phi) is 10.5. The molecule has 1 N–H and O–H groups in total. The molecule has 1 aliphatic rings. The third kappa shape index (κ3) is 8.31. The van der Waals surface area contributed by atoms with Crippen molar-refractivity contribution in [2.75, 3.05) is 0 Å². The number of hydrogen-bond donors (Lipinski definition) is 1. The first-order valence-corrected chi connectivity index (χ1v) is 9.49. The number of carbonyl (C=O) groups excluding carboxylic acids is 1. The summed E-state index contributed by atoms with van der Waals surface area (Å²) in [5, 5.41) is 10.5. The van der Waals surface area contributed by atoms with E-state index in [2.05, 4.69) is 6.92 Å². The summed E-state index contributed by atoms with van der Waals surface area (Å²) in [7, 11) is 0. The van der Waals surface area contributed by atoms with Crippen LogP contribution >= 0.6 is 11.8 Å². The van der Waals surface area contributed by atoms with Gasteiger partial charge >= 0.3 is 0 Å². The Hall–Kier alpha value is -0.0200. The van der Waals surface area contributed by atoms with Gasteiger partial charge in [-0.05, 0) is 12.8 Å². The van der Waals surface area contributed by atoms with E-state index in [9.17, 15) is 9.90 Å². The Labute approximate surface area is 129 Å². The molecule has 118 valence electrons. The van der Waals surface area contributed by atoms with E-state index in [0.717, 1.165) is 19.3 Å².